The number of fused-ring (bicyclic) bond motifs is 1. The van der Waals surface area contributed by atoms with E-state index < -0.39 is 65.5 Å². The van der Waals surface area contributed by atoms with Gasteiger partial charge in [0.05, 0.1) is 48.8 Å². The fourth-order valence-electron chi connectivity index (χ4n) is 6.59. The Bertz CT molecular complexity index is 1870. The van der Waals surface area contributed by atoms with Gasteiger partial charge in [0.15, 0.2) is 0 Å². The largest absolute Gasteiger partial charge is 0.490 e. The molecule has 22 nitrogen and oxygen atoms in total. The number of unbranched alkanes of at least 4 members (excludes halogenated alkanes) is 3. The number of aliphatic hydroxyl groups is 1. The lowest BCUT2D eigenvalue weighted by Crippen LogP contribution is -2.50. The van der Waals surface area contributed by atoms with Crippen LogP contribution in [0.15, 0.2) is 34.3 Å². The second kappa shape index (κ2) is 21.1. The van der Waals surface area contributed by atoms with Gasteiger partial charge in [-0.05, 0) is 25.7 Å². The summed E-state index contributed by atoms with van der Waals surface area (Å²) in [6, 6.07) is -0.00141. The van der Waals surface area contributed by atoms with E-state index in [4.69, 9.17) is 14.5 Å². The fourth-order valence-corrected chi connectivity index (χ4v) is 11.2. The van der Waals surface area contributed by atoms with E-state index in [2.05, 4.69) is 46.0 Å². The Kier molecular flexibility index (Phi) is 17.4. The van der Waals surface area contributed by atoms with Gasteiger partial charge in [-0.1, -0.05) is 38.5 Å². The minimum atomic E-state index is -5.74. The number of nitrogens with one attached hydrogen (secondary N) is 5. The topological polar surface area (TPSA) is 326 Å². The molecule has 9 atom stereocenters. The molecule has 1 aromatic heterocycles. The lowest BCUT2D eigenvalue weighted by atomic mass is 9.90. The van der Waals surface area contributed by atoms with Gasteiger partial charge in [-0.2, -0.15) is 20.4 Å². The second-order valence-electron chi connectivity index (χ2n) is 13.8. The van der Waals surface area contributed by atoms with E-state index in [1.165, 1.54) is 25.3 Å². The number of aromatic amines is 1. The predicted molar refractivity (Wildman–Crippen MR) is 206 cm³/mol. The molecule has 4 rings (SSSR count). The minimum Gasteiger partial charge on any atom is -0.390 e. The zero-order chi connectivity index (χ0) is 42.0. The normalized spacial score (nSPS) is 26.9. The van der Waals surface area contributed by atoms with E-state index in [0.717, 1.165) is 48.2 Å². The summed E-state index contributed by atoms with van der Waals surface area (Å²) < 4.78 is 52.9. The molecule has 1 aromatic rings. The number of phosphoric acid groups is 3. The van der Waals surface area contributed by atoms with Crippen molar-refractivity contribution in [1.29, 1.82) is 0 Å². The Labute approximate surface area is 332 Å². The zero-order valence-electron chi connectivity index (χ0n) is 31.1. The van der Waals surface area contributed by atoms with E-state index in [-0.39, 0.29) is 37.0 Å². The summed E-state index contributed by atoms with van der Waals surface area (Å²) in [5.74, 6) is 0.991. The van der Waals surface area contributed by atoms with E-state index >= 15 is 0 Å². The predicted octanol–water partition coefficient (Wildman–Crippen LogP) is 0.700. The quantitative estimate of drug-likeness (QED) is 0.0566. The molecule has 2 amide bonds. The van der Waals surface area contributed by atoms with Gasteiger partial charge in [0.2, 0.25) is 11.8 Å². The van der Waals surface area contributed by atoms with Crippen LogP contribution in [-0.4, -0.2) is 108 Å². The van der Waals surface area contributed by atoms with Gasteiger partial charge in [-0.3, -0.25) is 28.5 Å². The van der Waals surface area contributed by atoms with Gasteiger partial charge >= 0.3 is 29.2 Å². The molecule has 4 heterocycles. The number of thioether (sulfide) groups is 1. The maximum atomic E-state index is 12.7. The number of amides is 2. The molecular weight excluding hydrogens is 837 g/mol. The maximum Gasteiger partial charge on any atom is 0.490 e. The summed E-state index contributed by atoms with van der Waals surface area (Å²) >= 11 is 1.96. The third-order valence-corrected chi connectivity index (χ3v) is 14.8. The van der Waals surface area contributed by atoms with Crippen molar-refractivity contribution >= 4 is 53.1 Å². The highest BCUT2D eigenvalue weighted by atomic mass is 32.2. The highest BCUT2D eigenvalue weighted by Crippen LogP contribution is 2.66. The second-order valence-corrected chi connectivity index (χ2v) is 19.5. The van der Waals surface area contributed by atoms with Crippen molar-refractivity contribution in [3.8, 4) is 0 Å². The third kappa shape index (κ3) is 15.2. The van der Waals surface area contributed by atoms with Gasteiger partial charge in [-0.15, -0.1) is 0 Å². The first-order chi connectivity index (χ1) is 26.7. The van der Waals surface area contributed by atoms with Crippen molar-refractivity contribution in [2.75, 3.05) is 32.1 Å². The van der Waals surface area contributed by atoms with Crippen molar-refractivity contribution in [3.63, 3.8) is 0 Å². The summed E-state index contributed by atoms with van der Waals surface area (Å²) in [4.78, 5) is 88.2. The van der Waals surface area contributed by atoms with Crippen LogP contribution in [0.1, 0.15) is 69.9 Å². The fraction of sp³-hybridized carbons (Fsp3) is 0.677. The first-order valence-corrected chi connectivity index (χ1v) is 23.8. The van der Waals surface area contributed by atoms with Crippen molar-refractivity contribution in [2.24, 2.45) is 5.92 Å². The van der Waals surface area contributed by atoms with E-state index in [0.29, 0.717) is 36.7 Å². The Morgan fingerprint density at radius 3 is 2.44 bits per heavy atom. The summed E-state index contributed by atoms with van der Waals surface area (Å²) in [5.41, 5.74) is -1.47. The van der Waals surface area contributed by atoms with Crippen LogP contribution in [-0.2, 0) is 41.2 Å². The number of carbonyl (C=O) groups excluding carboxylic acids is 2. The van der Waals surface area contributed by atoms with Crippen LogP contribution in [0.25, 0.3) is 6.08 Å². The summed E-state index contributed by atoms with van der Waals surface area (Å²) in [6.07, 6.45) is 7.14. The van der Waals surface area contributed by atoms with Crippen LogP contribution in [0.5, 0.6) is 0 Å². The molecule has 3 aliphatic heterocycles. The monoisotopic (exact) mass is 888 g/mol. The standard InChI is InChI=1S/C31H51N6O16P3S/c1-19-23(16-50-24(29(19)40)17-51-55(46,47)53-56(48,49)52-54(43,44)45)37-15-21(30(41)36-31(37)42)9-8-14-33-26(38)11-4-3-7-13-32-27(39)12-6-5-10-25-28-22(18-57-25)34-20(2)35-28/h8-9,15,19,22-25,28-29,34-35,40H,2-7,10-14,16-18H2,1H3,(H,32,39)(H,33,38)(H,46,47)(H,48,49)(H,36,41,42)(H2,43,44,45)/b9-8+. The number of ether oxygens (including phenoxy) is 1. The summed E-state index contributed by atoms with van der Waals surface area (Å²) in [6.45, 7) is 4.94. The average Bonchev–Trinajstić information content (AvgIpc) is 3.65. The number of H-pyrrole nitrogens is 1. The van der Waals surface area contributed by atoms with Gasteiger partial charge in [0.25, 0.3) is 5.56 Å². The molecule has 3 saturated heterocycles. The highest BCUT2D eigenvalue weighted by Gasteiger charge is 2.44. The van der Waals surface area contributed by atoms with E-state index in [9.17, 15) is 47.8 Å². The van der Waals surface area contributed by atoms with E-state index in [1.54, 1.807) is 0 Å². The SMILES string of the molecule is C=C1NC2CSC(CCCCC(=O)NCCCCCC(=O)NC/C=C/c3cn(C4COC(COP(=O)(O)OP(=O)(O)OP(=O)(O)O)C(O)C4C)c(=O)[nH]c3=O)C2N1. The van der Waals surface area contributed by atoms with Crippen LogP contribution in [0.4, 0.5) is 0 Å². The molecular formula is C31H51N6O16P3S. The number of phosphoric ester groups is 1. The van der Waals surface area contributed by atoms with Gasteiger partial charge in [0, 0.05) is 49.0 Å². The molecule has 0 saturated carbocycles. The Morgan fingerprint density at radius 1 is 1.02 bits per heavy atom. The zero-order valence-corrected chi connectivity index (χ0v) is 34.6. The average molecular weight is 889 g/mol. The molecule has 0 aliphatic carbocycles. The smallest absolute Gasteiger partial charge is 0.390 e. The summed E-state index contributed by atoms with van der Waals surface area (Å²) in [7, 11) is -16.8. The molecule has 3 fully saturated rings. The molecule has 0 radical (unpaired) electrons. The van der Waals surface area contributed by atoms with Crippen LogP contribution in [0, 0.1) is 5.92 Å². The Balaban J connectivity index is 1.11. The molecule has 0 spiro atoms. The minimum absolute atomic E-state index is 0.0289. The molecule has 57 heavy (non-hydrogen) atoms. The first-order valence-electron chi connectivity index (χ1n) is 18.2. The van der Waals surface area contributed by atoms with E-state index in [1.807, 2.05) is 11.8 Å². The Hall–Kier alpha value is -2.62. The van der Waals surface area contributed by atoms with Gasteiger partial charge in [0.1, 0.15) is 6.10 Å². The van der Waals surface area contributed by atoms with Crippen molar-refractivity contribution in [2.45, 2.75) is 93.9 Å². The lowest BCUT2D eigenvalue weighted by Gasteiger charge is -2.39. The molecule has 10 N–H and O–H groups in total. The number of rotatable bonds is 22. The van der Waals surface area contributed by atoms with Crippen molar-refractivity contribution in [3.05, 3.63) is 51.1 Å². The first kappa shape index (κ1) is 47.1. The third-order valence-electron chi connectivity index (χ3n) is 9.46. The van der Waals surface area contributed by atoms with Gasteiger partial charge < -0.3 is 50.7 Å². The number of carbonyl (C=O) groups is 2. The van der Waals surface area contributed by atoms with Crippen LogP contribution in [0.3, 0.4) is 0 Å². The lowest BCUT2D eigenvalue weighted by molar-refractivity contribution is -0.138. The Morgan fingerprint density at radius 2 is 1.72 bits per heavy atom. The molecule has 3 aliphatic rings. The molecule has 9 unspecified atom stereocenters. The summed E-state index contributed by atoms with van der Waals surface area (Å²) in [5, 5.41) is 23.8. The number of hydrogen-bond donors (Lipinski definition) is 10. The van der Waals surface area contributed by atoms with Crippen molar-refractivity contribution < 1.29 is 65.8 Å². The highest BCUT2D eigenvalue weighted by molar-refractivity contribution is 8.00. The number of hydrogen-bond acceptors (Lipinski definition) is 15. The van der Waals surface area contributed by atoms with Crippen LogP contribution in [0.2, 0.25) is 0 Å². The number of nitrogens with zero attached hydrogens (tertiary/aromatic N) is 1. The van der Waals surface area contributed by atoms with Crippen LogP contribution >= 0.6 is 35.2 Å². The number of aliphatic hydroxyl groups excluding tert-OH is 1. The van der Waals surface area contributed by atoms with Crippen LogP contribution < -0.4 is 32.5 Å². The molecule has 322 valence electrons. The van der Waals surface area contributed by atoms with Gasteiger partial charge in [-0.25, -0.2) is 18.5 Å². The molecule has 26 heteroatoms. The molecule has 0 bridgehead atoms. The molecule has 0 aromatic carbocycles. The maximum absolute atomic E-state index is 12.7. The van der Waals surface area contributed by atoms with Crippen molar-refractivity contribution in [1.82, 2.24) is 30.8 Å². The number of aromatic nitrogens is 2.